The molecule has 3 aromatic carbocycles. The zero-order valence-corrected chi connectivity index (χ0v) is 42.9. The number of aryl methyl sites for hydroxylation is 1. The van der Waals surface area contributed by atoms with Crippen LogP contribution in [-0.2, 0) is 54.6 Å². The summed E-state index contributed by atoms with van der Waals surface area (Å²) in [5.74, 6) is -7.95. The topological polar surface area (TPSA) is 231 Å². The molecule has 1 aliphatic heterocycles. The van der Waals surface area contributed by atoms with Crippen molar-refractivity contribution in [1.29, 1.82) is 0 Å². The summed E-state index contributed by atoms with van der Waals surface area (Å²) in [5, 5.41) is 29.0. The summed E-state index contributed by atoms with van der Waals surface area (Å²) in [6, 6.07) is 25.9. The van der Waals surface area contributed by atoms with E-state index in [1.807, 2.05) is 0 Å². The van der Waals surface area contributed by atoms with Gasteiger partial charge in [-0.05, 0) is 60.9 Å². The number of carbonyl (C=O) groups excluding carboxylic acids is 7. The second-order valence-electron chi connectivity index (χ2n) is 19.5. The highest BCUT2D eigenvalue weighted by molar-refractivity contribution is 5.97. The molecule has 17 nitrogen and oxygen atoms in total. The molecule has 380 valence electrons. The molecule has 1 saturated heterocycles. The first-order chi connectivity index (χ1) is 33.6. The highest BCUT2D eigenvalue weighted by Crippen LogP contribution is 2.64. The average Bonchev–Trinajstić information content (AvgIpc) is 3.33. The molecule has 2 heterocycles. The maximum absolute atomic E-state index is 15.7. The second kappa shape index (κ2) is 20.6. The van der Waals surface area contributed by atoms with Crippen LogP contribution in [0.3, 0.4) is 0 Å². The molecule has 4 aromatic rings. The van der Waals surface area contributed by atoms with Crippen LogP contribution >= 0.6 is 0 Å². The van der Waals surface area contributed by atoms with Gasteiger partial charge in [0.25, 0.3) is 5.91 Å². The largest absolute Gasteiger partial charge is 1.00 e. The van der Waals surface area contributed by atoms with E-state index in [1.165, 1.54) is 38.2 Å². The zero-order valence-electron chi connectivity index (χ0n) is 40.7. The van der Waals surface area contributed by atoms with Crippen molar-refractivity contribution in [2.45, 2.75) is 108 Å². The highest BCUT2D eigenvalue weighted by atomic mass is 127. The van der Waals surface area contributed by atoms with Gasteiger partial charge in [0.1, 0.15) is 42.6 Å². The lowest BCUT2D eigenvalue weighted by atomic mass is 9.44. The van der Waals surface area contributed by atoms with E-state index >= 15 is 9.59 Å². The molecule has 11 atom stereocenters. The number of pyridine rings is 1. The van der Waals surface area contributed by atoms with E-state index in [4.69, 9.17) is 28.4 Å². The van der Waals surface area contributed by atoms with E-state index < -0.39 is 119 Å². The molecule has 3 fully saturated rings. The van der Waals surface area contributed by atoms with Crippen LogP contribution in [0.25, 0.3) is 0 Å². The number of aliphatic hydroxyl groups excluding tert-OH is 1. The number of hydrogen-bond donors (Lipinski definition) is 3. The smallest absolute Gasteiger partial charge is 0.350 e. The lowest BCUT2D eigenvalue weighted by molar-refractivity contribution is -0.671. The van der Waals surface area contributed by atoms with E-state index in [-0.39, 0.29) is 64.8 Å². The number of aliphatic hydroxyl groups is 2. The number of Topliss-reactive ketones (excluding diaryl/α,β-unsaturated/α-hetero) is 1. The number of hydrogen-bond acceptors (Lipinski definition) is 15. The molecule has 72 heavy (non-hydrogen) atoms. The van der Waals surface area contributed by atoms with Gasteiger partial charge in [-0.25, -0.2) is 19.0 Å². The van der Waals surface area contributed by atoms with Crippen LogP contribution in [0.4, 0.5) is 0 Å². The van der Waals surface area contributed by atoms with Crippen molar-refractivity contribution in [3.05, 3.63) is 149 Å². The maximum Gasteiger partial charge on any atom is 0.350 e. The van der Waals surface area contributed by atoms with Crippen molar-refractivity contribution in [3.63, 3.8) is 0 Å². The number of nitrogens with one attached hydrogen (secondary N) is 1. The Bertz CT molecular complexity index is 2790. The predicted molar refractivity (Wildman–Crippen MR) is 249 cm³/mol. The number of halogens is 1. The summed E-state index contributed by atoms with van der Waals surface area (Å²) < 4.78 is 38.6. The first kappa shape index (κ1) is 53.4. The molecular weight excluding hydrogens is 1040 g/mol. The molecule has 1 amide bonds. The quantitative estimate of drug-likeness (QED) is 0.0599. The van der Waals surface area contributed by atoms with E-state index in [2.05, 4.69) is 5.32 Å². The molecule has 2 saturated carbocycles. The van der Waals surface area contributed by atoms with Gasteiger partial charge in [0, 0.05) is 43.7 Å². The summed E-state index contributed by atoms with van der Waals surface area (Å²) in [6.45, 7) is 7.92. The minimum absolute atomic E-state index is 0. The first-order valence-corrected chi connectivity index (χ1v) is 23.3. The number of ketones is 1. The molecule has 4 aliphatic rings. The number of aromatic nitrogens is 1. The van der Waals surface area contributed by atoms with Gasteiger partial charge in [0.05, 0.1) is 29.6 Å². The number of benzene rings is 3. The summed E-state index contributed by atoms with van der Waals surface area (Å²) in [7, 11) is 1.68. The number of rotatable bonds is 12. The Morgan fingerprint density at radius 3 is 1.96 bits per heavy atom. The van der Waals surface area contributed by atoms with Crippen LogP contribution < -0.4 is 33.9 Å². The van der Waals surface area contributed by atoms with Gasteiger partial charge in [-0.3, -0.25) is 19.2 Å². The Labute approximate surface area is 433 Å². The summed E-state index contributed by atoms with van der Waals surface area (Å²) >= 11 is 0. The van der Waals surface area contributed by atoms with Crippen molar-refractivity contribution in [2.75, 3.05) is 6.61 Å². The SMILES string of the molecule is CC(=O)O[C@H]1C(=O)C2(C)C([C@H](OC(=O)c3ccccc3)[C@]3(O)C[C@H](OC(=O)[C@H](OC(=O)c4ccc[n+](C)c4)[C@H](NC(=O)c4ccccc4)c4ccccc4)C(C)=C1C3(C)C)[C@]1(OC(C)=O)CO[C@@H]1C[C@@H]2O.[I-]. The third kappa shape index (κ3) is 9.44. The first-order valence-electron chi connectivity index (χ1n) is 23.3. The Morgan fingerprint density at radius 1 is 0.792 bits per heavy atom. The van der Waals surface area contributed by atoms with Crippen molar-refractivity contribution >= 4 is 41.5 Å². The molecule has 8 rings (SSSR count). The number of amides is 1. The summed E-state index contributed by atoms with van der Waals surface area (Å²) in [5.41, 5.74) is -7.33. The Morgan fingerprint density at radius 2 is 1.39 bits per heavy atom. The number of nitrogens with zero attached hydrogens (tertiary/aromatic N) is 1. The van der Waals surface area contributed by atoms with Crippen molar-refractivity contribution in [3.8, 4) is 0 Å². The lowest BCUT2D eigenvalue weighted by Gasteiger charge is -2.67. The number of ether oxygens (including phenoxy) is 6. The lowest BCUT2D eigenvalue weighted by Crippen LogP contribution is -3.00. The standard InChI is InChI=1S/C54H56N2O15.HI/c1-30-37(68-50(64)43(69-49(63)36-24-17-25-56(7)28-36)41(33-18-11-8-12-19-33)55-47(61)34-20-13-9-14-21-34)27-54(65)46(70-48(62)35-22-15-10-16-23-35)44-52(6,38(59)26-39-53(44,29-66-39)71-32(3)58)45(60)42(67-31(2)57)40(30)51(54,4)5;/h8-25,28,37-39,41-44,46,59,65H,26-27,29H2,1-7H3;1H/t37-,38-,39+,41+,42+,43+,44?,46-,52?,53-,54+;/m0./s1. The van der Waals surface area contributed by atoms with E-state index in [0.717, 1.165) is 13.8 Å². The van der Waals surface area contributed by atoms with Crippen molar-refractivity contribution in [1.82, 2.24) is 5.32 Å². The summed E-state index contributed by atoms with van der Waals surface area (Å²) in [4.78, 5) is 100. The Hall–Kier alpha value is -6.35. The van der Waals surface area contributed by atoms with Gasteiger partial charge in [-0.2, -0.15) is 0 Å². The minimum atomic E-state index is -2.46. The number of carbonyl (C=O) groups is 7. The fourth-order valence-electron chi connectivity index (χ4n) is 11.2. The molecule has 2 bridgehead atoms. The molecule has 0 radical (unpaired) electrons. The Balaban J connectivity index is 0.00000760. The zero-order chi connectivity index (χ0) is 51.2. The van der Waals surface area contributed by atoms with Crippen LogP contribution in [0.15, 0.2) is 127 Å². The van der Waals surface area contributed by atoms with Crippen LogP contribution in [0.1, 0.15) is 97.1 Å². The van der Waals surface area contributed by atoms with Crippen molar-refractivity contribution < 1.29 is 101 Å². The van der Waals surface area contributed by atoms with Gasteiger partial charge in [0.15, 0.2) is 29.9 Å². The predicted octanol–water partition coefficient (Wildman–Crippen LogP) is 1.43. The maximum atomic E-state index is 15.7. The third-order valence-corrected chi connectivity index (χ3v) is 14.9. The fourth-order valence-corrected chi connectivity index (χ4v) is 11.2. The molecule has 2 unspecified atom stereocenters. The molecule has 0 spiro atoms. The minimum Gasteiger partial charge on any atom is -1.00 e. The van der Waals surface area contributed by atoms with Crippen LogP contribution in [0.2, 0.25) is 0 Å². The fraction of sp³-hybridized carbons (Fsp3) is 0.407. The van der Waals surface area contributed by atoms with Gasteiger partial charge in [-0.15, -0.1) is 0 Å². The molecule has 3 N–H and O–H groups in total. The van der Waals surface area contributed by atoms with Crippen molar-refractivity contribution in [2.24, 2.45) is 23.8 Å². The van der Waals surface area contributed by atoms with Gasteiger partial charge in [0.2, 0.25) is 6.10 Å². The van der Waals surface area contributed by atoms with E-state index in [9.17, 15) is 34.2 Å². The van der Waals surface area contributed by atoms with Crippen LogP contribution in [-0.4, -0.2) is 106 Å². The number of fused-ring (bicyclic) bond motifs is 5. The van der Waals surface area contributed by atoms with Gasteiger partial charge in [-0.1, -0.05) is 80.6 Å². The molecule has 18 heteroatoms. The monoisotopic (exact) mass is 1100 g/mol. The van der Waals surface area contributed by atoms with E-state index in [1.54, 1.807) is 117 Å². The highest BCUT2D eigenvalue weighted by Gasteiger charge is 2.78. The third-order valence-electron chi connectivity index (χ3n) is 14.9. The Kier molecular flexibility index (Phi) is 15.3. The van der Waals surface area contributed by atoms with Gasteiger partial charge < -0.3 is 67.9 Å². The van der Waals surface area contributed by atoms with E-state index in [0.29, 0.717) is 5.56 Å². The average molecular weight is 1100 g/mol. The summed E-state index contributed by atoms with van der Waals surface area (Å²) in [6.07, 6.45) is -7.59. The second-order valence-corrected chi connectivity index (χ2v) is 19.5. The normalized spacial score (nSPS) is 28.8. The van der Waals surface area contributed by atoms with Gasteiger partial charge >= 0.3 is 29.8 Å². The molecular formula is C54H57IN2O15. The van der Waals surface area contributed by atoms with Crippen LogP contribution in [0, 0.1) is 16.7 Å². The number of esters is 5. The molecule has 1 aromatic heterocycles. The molecule has 3 aliphatic carbocycles. The van der Waals surface area contributed by atoms with Crippen LogP contribution in [0.5, 0.6) is 0 Å².